The summed E-state index contributed by atoms with van der Waals surface area (Å²) in [5, 5.41) is 7.49. The molecule has 2 rings (SSSR count). The molecule has 3 N–H and O–H groups in total. The zero-order chi connectivity index (χ0) is 14.0. The van der Waals surface area contributed by atoms with E-state index in [1.54, 1.807) is 0 Å². The number of benzene rings is 1. The Morgan fingerprint density at radius 1 is 1.53 bits per heavy atom. The van der Waals surface area contributed by atoms with E-state index in [2.05, 4.69) is 31.7 Å². The van der Waals surface area contributed by atoms with Gasteiger partial charge in [-0.05, 0) is 32.4 Å². The van der Waals surface area contributed by atoms with Crippen molar-refractivity contribution >= 4 is 5.84 Å². The third kappa shape index (κ3) is 3.78. The third-order valence-corrected chi connectivity index (χ3v) is 3.28. The van der Waals surface area contributed by atoms with Gasteiger partial charge in [0.15, 0.2) is 0 Å². The number of nitrogens with zero attached hydrogens (tertiary/aromatic N) is 1. The predicted octanol–water partition coefficient (Wildman–Crippen LogP) is 1.97. The average molecular weight is 261 g/mol. The molecule has 0 amide bonds. The number of nitrogen functional groups attached to an aromatic ring is 1. The Morgan fingerprint density at radius 3 is 2.89 bits per heavy atom. The van der Waals surface area contributed by atoms with Gasteiger partial charge in [-0.15, -0.1) is 0 Å². The normalized spacial score (nSPS) is 23.2. The first-order valence-corrected chi connectivity index (χ1v) is 6.69. The Balaban J connectivity index is 2.08. The number of nitrogens with one attached hydrogen (secondary N) is 1. The van der Waals surface area contributed by atoms with Crippen LogP contribution in [0.2, 0.25) is 0 Å². The van der Waals surface area contributed by atoms with Crippen molar-refractivity contribution in [3.05, 3.63) is 35.4 Å². The molecule has 19 heavy (non-hydrogen) atoms. The Hall–Kier alpha value is -1.39. The van der Waals surface area contributed by atoms with Gasteiger partial charge in [-0.2, -0.15) is 0 Å². The van der Waals surface area contributed by atoms with Gasteiger partial charge in [0.2, 0.25) is 0 Å². The fourth-order valence-electron chi connectivity index (χ4n) is 2.80. The van der Waals surface area contributed by atoms with Gasteiger partial charge in [0, 0.05) is 25.2 Å². The lowest BCUT2D eigenvalue weighted by Crippen LogP contribution is -2.51. The molecule has 104 valence electrons. The number of nitrogens with two attached hydrogens (primary N) is 1. The molecule has 4 heteroatoms. The van der Waals surface area contributed by atoms with Crippen molar-refractivity contribution in [1.82, 2.24) is 4.90 Å². The fourth-order valence-corrected chi connectivity index (χ4v) is 2.80. The highest BCUT2D eigenvalue weighted by Crippen LogP contribution is 2.22. The van der Waals surface area contributed by atoms with E-state index in [4.69, 9.17) is 15.9 Å². The Kier molecular flexibility index (Phi) is 3.92. The average Bonchev–Trinajstić information content (AvgIpc) is 2.26. The zero-order valence-electron chi connectivity index (χ0n) is 11.9. The van der Waals surface area contributed by atoms with Crippen LogP contribution in [0.4, 0.5) is 0 Å². The van der Waals surface area contributed by atoms with E-state index in [1.165, 1.54) is 5.56 Å². The summed E-state index contributed by atoms with van der Waals surface area (Å²) in [5.41, 5.74) is 7.41. The molecular weight excluding hydrogens is 238 g/mol. The van der Waals surface area contributed by atoms with Gasteiger partial charge in [-0.25, -0.2) is 0 Å². The minimum absolute atomic E-state index is 0.101. The molecule has 1 fully saturated rings. The first-order valence-electron chi connectivity index (χ1n) is 6.69. The summed E-state index contributed by atoms with van der Waals surface area (Å²) >= 11 is 0. The van der Waals surface area contributed by atoms with E-state index in [1.807, 2.05) is 18.2 Å². The van der Waals surface area contributed by atoms with Crippen LogP contribution in [-0.4, -0.2) is 35.5 Å². The predicted molar refractivity (Wildman–Crippen MR) is 77.4 cm³/mol. The van der Waals surface area contributed by atoms with E-state index >= 15 is 0 Å². The number of ether oxygens (including phenoxy) is 1. The minimum atomic E-state index is -0.101. The summed E-state index contributed by atoms with van der Waals surface area (Å²) in [6.07, 6.45) is 0.250. The quantitative estimate of drug-likeness (QED) is 0.646. The molecule has 0 spiro atoms. The van der Waals surface area contributed by atoms with Crippen molar-refractivity contribution in [2.24, 2.45) is 5.73 Å². The third-order valence-electron chi connectivity index (χ3n) is 3.28. The molecule has 1 aromatic rings. The second-order valence-corrected chi connectivity index (χ2v) is 5.97. The van der Waals surface area contributed by atoms with Crippen LogP contribution in [0, 0.1) is 5.41 Å². The number of rotatable bonds is 3. The van der Waals surface area contributed by atoms with E-state index in [9.17, 15) is 0 Å². The van der Waals surface area contributed by atoms with E-state index in [-0.39, 0.29) is 17.5 Å². The lowest BCUT2D eigenvalue weighted by Gasteiger charge is -2.41. The van der Waals surface area contributed by atoms with Crippen molar-refractivity contribution in [2.45, 2.75) is 39.0 Å². The highest BCUT2D eigenvalue weighted by Gasteiger charge is 2.31. The van der Waals surface area contributed by atoms with Crippen molar-refractivity contribution in [1.29, 1.82) is 5.41 Å². The lowest BCUT2D eigenvalue weighted by molar-refractivity contribution is -0.130. The maximum absolute atomic E-state index is 7.49. The molecule has 0 saturated carbocycles. The maximum atomic E-state index is 7.49. The summed E-state index contributed by atoms with van der Waals surface area (Å²) in [7, 11) is 0. The van der Waals surface area contributed by atoms with Crippen LogP contribution in [0.3, 0.4) is 0 Å². The van der Waals surface area contributed by atoms with Gasteiger partial charge in [0.25, 0.3) is 0 Å². The molecule has 4 nitrogen and oxygen atoms in total. The lowest BCUT2D eigenvalue weighted by atomic mass is 10.0. The van der Waals surface area contributed by atoms with Crippen molar-refractivity contribution in [3.8, 4) is 0 Å². The molecule has 1 heterocycles. The van der Waals surface area contributed by atoms with Crippen LogP contribution in [0.5, 0.6) is 0 Å². The fraction of sp³-hybridized carbons (Fsp3) is 0.533. The summed E-state index contributed by atoms with van der Waals surface area (Å²) in [4.78, 5) is 2.40. The van der Waals surface area contributed by atoms with E-state index in [0.29, 0.717) is 0 Å². The first-order chi connectivity index (χ1) is 8.85. The van der Waals surface area contributed by atoms with E-state index < -0.39 is 0 Å². The van der Waals surface area contributed by atoms with Crippen molar-refractivity contribution in [2.75, 3.05) is 13.1 Å². The molecule has 0 aromatic heterocycles. The molecule has 1 aliphatic rings. The number of hydrogen-bond acceptors (Lipinski definition) is 3. The van der Waals surface area contributed by atoms with Crippen LogP contribution in [0.15, 0.2) is 24.3 Å². The molecule has 1 aliphatic heterocycles. The number of morpholine rings is 1. The van der Waals surface area contributed by atoms with Gasteiger partial charge in [-0.3, -0.25) is 10.3 Å². The highest BCUT2D eigenvalue weighted by molar-refractivity contribution is 5.95. The largest absolute Gasteiger partial charge is 0.384 e. The van der Waals surface area contributed by atoms with Gasteiger partial charge >= 0.3 is 0 Å². The molecule has 1 aromatic carbocycles. The van der Waals surface area contributed by atoms with Gasteiger partial charge < -0.3 is 10.5 Å². The molecule has 1 atom stereocenters. The Labute approximate surface area is 115 Å². The molecule has 0 aliphatic carbocycles. The van der Waals surface area contributed by atoms with Crippen LogP contribution >= 0.6 is 0 Å². The summed E-state index contributed by atoms with van der Waals surface area (Å²) in [6, 6.07) is 7.91. The van der Waals surface area contributed by atoms with Crippen LogP contribution in [0.1, 0.15) is 31.9 Å². The van der Waals surface area contributed by atoms with E-state index in [0.717, 1.165) is 25.2 Å². The summed E-state index contributed by atoms with van der Waals surface area (Å²) in [5.74, 6) is 0.123. The second kappa shape index (κ2) is 5.31. The number of amidine groups is 1. The molecule has 0 radical (unpaired) electrons. The highest BCUT2D eigenvalue weighted by atomic mass is 16.5. The van der Waals surface area contributed by atoms with Gasteiger partial charge in [-0.1, -0.05) is 18.2 Å². The monoisotopic (exact) mass is 261 g/mol. The van der Waals surface area contributed by atoms with Gasteiger partial charge in [0.1, 0.15) is 5.84 Å². The van der Waals surface area contributed by atoms with Crippen LogP contribution in [0.25, 0.3) is 0 Å². The molecule has 1 unspecified atom stereocenters. The number of hydrogen-bond donors (Lipinski definition) is 2. The molecule has 0 bridgehead atoms. The topological polar surface area (TPSA) is 62.3 Å². The van der Waals surface area contributed by atoms with Crippen molar-refractivity contribution < 1.29 is 4.74 Å². The van der Waals surface area contributed by atoms with Crippen molar-refractivity contribution in [3.63, 3.8) is 0 Å². The zero-order valence-corrected chi connectivity index (χ0v) is 11.9. The Morgan fingerprint density at radius 2 is 2.26 bits per heavy atom. The standard InChI is InChI=1S/C15H23N3O/c1-11-8-18(10-15(2,3)19-11)9-12-5-4-6-13(7-12)14(16)17/h4-7,11H,8-10H2,1-3H3,(H3,16,17). The molecule has 1 saturated heterocycles. The summed E-state index contributed by atoms with van der Waals surface area (Å²) in [6.45, 7) is 9.09. The van der Waals surface area contributed by atoms with Gasteiger partial charge in [0.05, 0.1) is 11.7 Å². The van der Waals surface area contributed by atoms with Crippen LogP contribution in [-0.2, 0) is 11.3 Å². The smallest absolute Gasteiger partial charge is 0.122 e. The maximum Gasteiger partial charge on any atom is 0.122 e. The first kappa shape index (κ1) is 14.0. The minimum Gasteiger partial charge on any atom is -0.384 e. The SMILES string of the molecule is CC1CN(Cc2cccc(C(=N)N)c2)CC(C)(C)O1. The Bertz CT molecular complexity index is 470. The van der Waals surface area contributed by atoms with Crippen LogP contribution < -0.4 is 5.73 Å². The molecular formula is C15H23N3O. The second-order valence-electron chi connectivity index (χ2n) is 5.97. The summed E-state index contributed by atoms with van der Waals surface area (Å²) < 4.78 is 5.91.